The normalized spacial score (nSPS) is 23.1. The van der Waals surface area contributed by atoms with Gasteiger partial charge in [-0.2, -0.15) is 0 Å². The molecule has 2 aromatic carbocycles. The molecule has 1 saturated heterocycles. The number of benzene rings is 2. The van der Waals surface area contributed by atoms with Gasteiger partial charge in [-0.15, -0.1) is 0 Å². The molecular formula is C24H26N2O4. The Morgan fingerprint density at radius 2 is 1.77 bits per heavy atom. The number of carbonyl (C=O) groups is 3. The van der Waals surface area contributed by atoms with E-state index in [2.05, 4.69) is 0 Å². The Kier molecular flexibility index (Phi) is 5.10. The van der Waals surface area contributed by atoms with Gasteiger partial charge in [-0.1, -0.05) is 36.4 Å². The Hall–Kier alpha value is -3.15. The third-order valence-electron chi connectivity index (χ3n) is 6.43. The van der Waals surface area contributed by atoms with Crippen LogP contribution in [0.4, 0.5) is 0 Å². The molecule has 2 atom stereocenters. The molecule has 30 heavy (non-hydrogen) atoms. The molecule has 0 radical (unpaired) electrons. The molecule has 0 unspecified atom stereocenters. The number of likely N-dealkylation sites (tertiary alicyclic amines) is 1. The number of rotatable bonds is 4. The number of carbonyl (C=O) groups excluding carboxylic acids is 3. The molecule has 0 aliphatic carbocycles. The summed E-state index contributed by atoms with van der Waals surface area (Å²) in [5.74, 6) is 0.383. The Bertz CT molecular complexity index is 1020. The van der Waals surface area contributed by atoms with Gasteiger partial charge in [-0.25, -0.2) is 0 Å². The minimum absolute atomic E-state index is 0.0695. The van der Waals surface area contributed by atoms with E-state index in [4.69, 9.17) is 4.74 Å². The molecule has 0 bridgehead atoms. The van der Waals surface area contributed by atoms with E-state index in [9.17, 15) is 14.4 Å². The number of hydrogen-bond acceptors (Lipinski definition) is 4. The predicted molar refractivity (Wildman–Crippen MR) is 113 cm³/mol. The van der Waals surface area contributed by atoms with Crippen molar-refractivity contribution >= 4 is 17.6 Å². The van der Waals surface area contributed by atoms with Gasteiger partial charge in [0, 0.05) is 30.8 Å². The molecule has 2 aromatic rings. The van der Waals surface area contributed by atoms with E-state index < -0.39 is 5.41 Å². The first-order valence-electron chi connectivity index (χ1n) is 10.2. The molecule has 2 aliphatic heterocycles. The molecule has 6 nitrogen and oxygen atoms in total. The van der Waals surface area contributed by atoms with Crippen molar-refractivity contribution in [3.63, 3.8) is 0 Å². The van der Waals surface area contributed by atoms with Crippen molar-refractivity contribution in [3.05, 3.63) is 65.2 Å². The molecule has 2 amide bonds. The second kappa shape index (κ2) is 7.59. The Morgan fingerprint density at radius 1 is 1.10 bits per heavy atom. The van der Waals surface area contributed by atoms with Crippen LogP contribution in [0.2, 0.25) is 0 Å². The fourth-order valence-corrected chi connectivity index (χ4v) is 4.79. The topological polar surface area (TPSA) is 66.9 Å². The first-order chi connectivity index (χ1) is 14.4. The lowest BCUT2D eigenvalue weighted by molar-refractivity contribution is -0.129. The van der Waals surface area contributed by atoms with Crippen molar-refractivity contribution < 1.29 is 19.1 Å². The van der Waals surface area contributed by atoms with Gasteiger partial charge in [-0.3, -0.25) is 14.4 Å². The van der Waals surface area contributed by atoms with Crippen LogP contribution < -0.4 is 4.74 Å². The smallest absolute Gasteiger partial charge is 0.254 e. The molecule has 0 spiro atoms. The van der Waals surface area contributed by atoms with E-state index >= 15 is 0 Å². The minimum atomic E-state index is -0.839. The molecule has 156 valence electrons. The van der Waals surface area contributed by atoms with Crippen molar-refractivity contribution in [1.29, 1.82) is 0 Å². The lowest BCUT2D eigenvalue weighted by Gasteiger charge is -2.34. The summed E-state index contributed by atoms with van der Waals surface area (Å²) >= 11 is 0. The fraction of sp³-hybridized carbons (Fsp3) is 0.375. The maximum absolute atomic E-state index is 13.5. The molecule has 2 heterocycles. The van der Waals surface area contributed by atoms with Crippen molar-refractivity contribution in [3.8, 4) is 5.75 Å². The summed E-state index contributed by atoms with van der Waals surface area (Å²) in [6.07, 6.45) is 0.192. The van der Waals surface area contributed by atoms with Crippen molar-refractivity contribution in [2.75, 3.05) is 26.7 Å². The maximum atomic E-state index is 13.5. The van der Waals surface area contributed by atoms with E-state index in [0.29, 0.717) is 36.5 Å². The molecule has 2 aliphatic rings. The zero-order chi connectivity index (χ0) is 21.5. The van der Waals surface area contributed by atoms with Crippen LogP contribution in [0.5, 0.6) is 5.75 Å². The number of para-hydroxylation sites is 1. The van der Waals surface area contributed by atoms with Crippen LogP contribution in [0, 0.1) is 5.41 Å². The lowest BCUT2D eigenvalue weighted by Crippen LogP contribution is -2.49. The first kappa shape index (κ1) is 20.1. The highest BCUT2D eigenvalue weighted by Gasteiger charge is 2.55. The number of Topliss-reactive ketones (excluding diaryl/α,β-unsaturated/α-hetero) is 1. The van der Waals surface area contributed by atoms with Gasteiger partial charge in [0.25, 0.3) is 5.91 Å². The molecule has 0 N–H and O–H groups in total. The highest BCUT2D eigenvalue weighted by molar-refractivity contribution is 6.12. The van der Waals surface area contributed by atoms with Gasteiger partial charge in [0.1, 0.15) is 5.75 Å². The number of nitrogens with zero attached hydrogens (tertiary/aromatic N) is 2. The quantitative estimate of drug-likeness (QED) is 0.783. The summed E-state index contributed by atoms with van der Waals surface area (Å²) in [6, 6.07) is 14.1. The van der Waals surface area contributed by atoms with E-state index in [-0.39, 0.29) is 30.1 Å². The van der Waals surface area contributed by atoms with E-state index in [1.54, 1.807) is 41.2 Å². The SMILES string of the molecule is CCN1C(=O)c2ccccc2C(=O)[C@@]2(C)CN(C(=O)Cc3ccccc3OC)C[C@@H]12. The van der Waals surface area contributed by atoms with E-state index in [1.807, 2.05) is 38.1 Å². The van der Waals surface area contributed by atoms with Crippen molar-refractivity contribution in [2.24, 2.45) is 5.41 Å². The number of likely N-dealkylation sites (N-methyl/N-ethyl adjacent to an activating group) is 1. The van der Waals surface area contributed by atoms with Gasteiger partial charge in [-0.05, 0) is 26.0 Å². The second-order valence-electron chi connectivity index (χ2n) is 8.16. The van der Waals surface area contributed by atoms with Gasteiger partial charge < -0.3 is 14.5 Å². The highest BCUT2D eigenvalue weighted by atomic mass is 16.5. The summed E-state index contributed by atoms with van der Waals surface area (Å²) in [5.41, 5.74) is 0.869. The van der Waals surface area contributed by atoms with Gasteiger partial charge in [0.15, 0.2) is 5.78 Å². The summed E-state index contributed by atoms with van der Waals surface area (Å²) < 4.78 is 5.37. The van der Waals surface area contributed by atoms with Crippen LogP contribution in [0.3, 0.4) is 0 Å². The number of hydrogen-bond donors (Lipinski definition) is 0. The van der Waals surface area contributed by atoms with Crippen molar-refractivity contribution in [2.45, 2.75) is 26.3 Å². The second-order valence-corrected chi connectivity index (χ2v) is 8.16. The minimum Gasteiger partial charge on any atom is -0.496 e. The van der Waals surface area contributed by atoms with Crippen LogP contribution in [-0.4, -0.2) is 60.2 Å². The third kappa shape index (κ3) is 3.07. The van der Waals surface area contributed by atoms with E-state index in [1.165, 1.54) is 0 Å². The maximum Gasteiger partial charge on any atom is 0.254 e. The molecule has 4 rings (SSSR count). The number of methoxy groups -OCH3 is 1. The lowest BCUT2D eigenvalue weighted by atomic mass is 9.78. The fourth-order valence-electron chi connectivity index (χ4n) is 4.79. The summed E-state index contributed by atoms with van der Waals surface area (Å²) in [6.45, 7) is 4.92. The third-order valence-corrected chi connectivity index (χ3v) is 6.43. The van der Waals surface area contributed by atoms with Crippen LogP contribution in [0.1, 0.15) is 40.1 Å². The number of ether oxygens (including phenoxy) is 1. The monoisotopic (exact) mass is 406 g/mol. The summed E-state index contributed by atoms with van der Waals surface area (Å²) in [4.78, 5) is 43.4. The van der Waals surface area contributed by atoms with Gasteiger partial charge in [0.05, 0.1) is 30.6 Å². The molecule has 1 fully saturated rings. The number of ketones is 1. The average molecular weight is 406 g/mol. The average Bonchev–Trinajstić information content (AvgIpc) is 3.10. The summed E-state index contributed by atoms with van der Waals surface area (Å²) in [5, 5.41) is 0. The summed E-state index contributed by atoms with van der Waals surface area (Å²) in [7, 11) is 1.58. The highest BCUT2D eigenvalue weighted by Crippen LogP contribution is 2.41. The van der Waals surface area contributed by atoms with Crippen molar-refractivity contribution in [1.82, 2.24) is 9.80 Å². The number of fused-ring (bicyclic) bond motifs is 2. The Balaban J connectivity index is 1.66. The van der Waals surface area contributed by atoms with Crippen LogP contribution in [-0.2, 0) is 11.2 Å². The Labute approximate surface area is 176 Å². The molecule has 6 heteroatoms. The Morgan fingerprint density at radius 3 is 2.47 bits per heavy atom. The predicted octanol–water partition coefficient (Wildman–Crippen LogP) is 2.81. The van der Waals surface area contributed by atoms with Gasteiger partial charge >= 0.3 is 0 Å². The largest absolute Gasteiger partial charge is 0.496 e. The molecular weight excluding hydrogens is 380 g/mol. The van der Waals surface area contributed by atoms with E-state index in [0.717, 1.165) is 5.56 Å². The first-order valence-corrected chi connectivity index (χ1v) is 10.2. The van der Waals surface area contributed by atoms with Crippen LogP contribution in [0.15, 0.2) is 48.5 Å². The zero-order valence-corrected chi connectivity index (χ0v) is 17.6. The van der Waals surface area contributed by atoms with Gasteiger partial charge in [0.2, 0.25) is 5.91 Å². The molecule has 0 saturated carbocycles. The standard InChI is InChI=1S/C24H26N2O4/c1-4-26-20-14-25(21(27)13-16-9-5-8-12-19(16)30-3)15-24(20,2)22(28)17-10-6-7-11-18(17)23(26)29/h5-12,20H,4,13-15H2,1-3H3/t20-,24+/m1/s1. The van der Waals surface area contributed by atoms with Crippen LogP contribution >= 0.6 is 0 Å². The number of amides is 2. The van der Waals surface area contributed by atoms with Crippen LogP contribution in [0.25, 0.3) is 0 Å². The zero-order valence-electron chi connectivity index (χ0n) is 17.6. The molecule has 0 aromatic heterocycles.